The summed E-state index contributed by atoms with van der Waals surface area (Å²) in [7, 11) is 0. The quantitative estimate of drug-likeness (QED) is 0.210. The van der Waals surface area contributed by atoms with Gasteiger partial charge in [-0.2, -0.15) is 0 Å². The Hall–Kier alpha value is -4.22. The Labute approximate surface area is 222 Å². The Kier molecular flexibility index (Phi) is 8.08. The van der Waals surface area contributed by atoms with E-state index in [4.69, 9.17) is 4.74 Å². The first-order chi connectivity index (χ1) is 18.2. The van der Waals surface area contributed by atoms with Gasteiger partial charge in [0.1, 0.15) is 5.76 Å². The average molecular weight is 536 g/mol. The van der Waals surface area contributed by atoms with Crippen LogP contribution in [0.5, 0.6) is 0 Å². The molecule has 3 atom stereocenters. The van der Waals surface area contributed by atoms with Gasteiger partial charge in [-0.15, -0.1) is 11.8 Å². The topological polar surface area (TPSA) is 145 Å². The van der Waals surface area contributed by atoms with Crippen molar-refractivity contribution in [3.63, 3.8) is 0 Å². The van der Waals surface area contributed by atoms with Crippen LogP contribution in [-0.2, 0) is 9.53 Å². The standard InChI is InChI=1S/C27H25N3O7S/c1-3-37-27(32)22-23(17-6-4-8-19(14-17)29(33)34)28-24(18-7-5-9-20(15-18)30(35)36)26(25(22)31)38-21-12-10-16(2)11-13-21/h4-15,23-24,26,28,31H,3H2,1-2H3/t23-,24-,26-/m0/s1. The number of hydrogen-bond donors (Lipinski definition) is 2. The third-order valence-corrected chi connectivity index (χ3v) is 7.41. The van der Waals surface area contributed by atoms with Crippen LogP contribution in [0.3, 0.4) is 0 Å². The van der Waals surface area contributed by atoms with E-state index in [1.807, 2.05) is 31.2 Å². The van der Waals surface area contributed by atoms with Gasteiger partial charge in [0.2, 0.25) is 0 Å². The second kappa shape index (κ2) is 11.4. The van der Waals surface area contributed by atoms with E-state index in [9.17, 15) is 30.1 Å². The predicted molar refractivity (Wildman–Crippen MR) is 142 cm³/mol. The van der Waals surface area contributed by atoms with Crippen molar-refractivity contribution in [1.29, 1.82) is 0 Å². The van der Waals surface area contributed by atoms with E-state index in [0.717, 1.165) is 10.5 Å². The van der Waals surface area contributed by atoms with Crippen molar-refractivity contribution in [2.75, 3.05) is 6.61 Å². The summed E-state index contributed by atoms with van der Waals surface area (Å²) in [5.41, 5.74) is 1.53. The number of benzene rings is 3. The number of ether oxygens (including phenoxy) is 1. The normalized spacial score (nSPS) is 19.2. The molecule has 1 heterocycles. The van der Waals surface area contributed by atoms with Gasteiger partial charge in [-0.25, -0.2) is 4.79 Å². The second-order valence-corrected chi connectivity index (χ2v) is 9.87. The van der Waals surface area contributed by atoms with Crippen LogP contribution >= 0.6 is 11.8 Å². The summed E-state index contributed by atoms with van der Waals surface area (Å²) in [6.07, 6.45) is 0. The summed E-state index contributed by atoms with van der Waals surface area (Å²) in [4.78, 5) is 35.8. The number of rotatable bonds is 8. The fourth-order valence-electron chi connectivity index (χ4n) is 4.31. The summed E-state index contributed by atoms with van der Waals surface area (Å²) in [5, 5.41) is 37.1. The van der Waals surface area contributed by atoms with Gasteiger partial charge in [0, 0.05) is 29.2 Å². The molecular weight excluding hydrogens is 510 g/mol. The zero-order valence-electron chi connectivity index (χ0n) is 20.6. The molecule has 0 aliphatic carbocycles. The highest BCUT2D eigenvalue weighted by molar-refractivity contribution is 8.00. The van der Waals surface area contributed by atoms with Crippen molar-refractivity contribution in [2.24, 2.45) is 0 Å². The maximum absolute atomic E-state index is 13.1. The Balaban J connectivity index is 1.90. The molecule has 38 heavy (non-hydrogen) atoms. The maximum Gasteiger partial charge on any atom is 0.339 e. The van der Waals surface area contributed by atoms with Gasteiger partial charge in [-0.05, 0) is 37.1 Å². The molecule has 0 fully saturated rings. The van der Waals surface area contributed by atoms with Crippen LogP contribution in [0, 0.1) is 27.2 Å². The third-order valence-electron chi connectivity index (χ3n) is 6.12. The van der Waals surface area contributed by atoms with E-state index in [1.165, 1.54) is 42.1 Å². The largest absolute Gasteiger partial charge is 0.510 e. The van der Waals surface area contributed by atoms with Crippen LogP contribution in [-0.4, -0.2) is 32.8 Å². The summed E-state index contributed by atoms with van der Waals surface area (Å²) in [6, 6.07) is 17.7. The van der Waals surface area contributed by atoms with Gasteiger partial charge >= 0.3 is 5.97 Å². The van der Waals surface area contributed by atoms with E-state index >= 15 is 0 Å². The van der Waals surface area contributed by atoms with Crippen LogP contribution in [0.2, 0.25) is 0 Å². The van der Waals surface area contributed by atoms with Crippen molar-refractivity contribution < 1.29 is 24.5 Å². The van der Waals surface area contributed by atoms with Crippen molar-refractivity contribution in [1.82, 2.24) is 5.32 Å². The van der Waals surface area contributed by atoms with Crippen molar-refractivity contribution in [2.45, 2.75) is 36.1 Å². The van der Waals surface area contributed by atoms with Crippen LogP contribution in [0.4, 0.5) is 11.4 Å². The van der Waals surface area contributed by atoms with Gasteiger partial charge in [0.05, 0.1) is 39.4 Å². The lowest BCUT2D eigenvalue weighted by Crippen LogP contribution is -2.43. The molecule has 0 spiro atoms. The first-order valence-electron chi connectivity index (χ1n) is 11.8. The SMILES string of the molecule is CCOC(=O)C1=C(O)[C@@H](Sc2ccc(C)cc2)[C@H](c2cccc([N+](=O)[O-])c2)N[C@H]1c1cccc([N+](=O)[O-])c1. The average Bonchev–Trinajstić information content (AvgIpc) is 2.91. The monoisotopic (exact) mass is 535 g/mol. The number of aliphatic hydroxyl groups excluding tert-OH is 1. The molecule has 0 aromatic heterocycles. The van der Waals surface area contributed by atoms with E-state index in [-0.39, 0.29) is 29.3 Å². The molecule has 10 nitrogen and oxygen atoms in total. The number of non-ortho nitro benzene ring substituents is 2. The number of carbonyl (C=O) groups excluding carboxylic acids is 1. The highest BCUT2D eigenvalue weighted by atomic mass is 32.2. The first kappa shape index (κ1) is 26.8. The summed E-state index contributed by atoms with van der Waals surface area (Å²) in [6.45, 7) is 3.64. The van der Waals surface area contributed by atoms with Crippen molar-refractivity contribution >= 4 is 29.1 Å². The lowest BCUT2D eigenvalue weighted by atomic mass is 9.87. The summed E-state index contributed by atoms with van der Waals surface area (Å²) < 4.78 is 5.26. The Morgan fingerprint density at radius 1 is 0.974 bits per heavy atom. The Bertz CT molecular complexity index is 1410. The van der Waals surface area contributed by atoms with E-state index in [1.54, 1.807) is 25.1 Å². The number of carbonyl (C=O) groups is 1. The van der Waals surface area contributed by atoms with Gasteiger partial charge < -0.3 is 9.84 Å². The first-order valence-corrected chi connectivity index (χ1v) is 12.7. The molecule has 1 aliphatic heterocycles. The minimum absolute atomic E-state index is 0.0569. The minimum Gasteiger partial charge on any atom is -0.510 e. The number of nitrogens with zero attached hydrogens (tertiary/aromatic N) is 2. The van der Waals surface area contributed by atoms with Gasteiger partial charge in [-0.3, -0.25) is 25.5 Å². The van der Waals surface area contributed by atoms with Crippen LogP contribution < -0.4 is 5.32 Å². The van der Waals surface area contributed by atoms with E-state index in [2.05, 4.69) is 5.32 Å². The molecule has 3 aromatic carbocycles. The molecule has 0 saturated heterocycles. The fourth-order valence-corrected chi connectivity index (χ4v) is 5.51. The van der Waals surface area contributed by atoms with Gasteiger partial charge in [0.25, 0.3) is 11.4 Å². The highest BCUT2D eigenvalue weighted by Crippen LogP contribution is 2.45. The molecule has 1 aliphatic rings. The molecule has 0 bridgehead atoms. The molecule has 4 rings (SSSR count). The minimum atomic E-state index is -0.979. The number of aryl methyl sites for hydroxylation is 1. The van der Waals surface area contributed by atoms with Gasteiger partial charge in [0.15, 0.2) is 0 Å². The molecule has 0 amide bonds. The molecule has 0 saturated carbocycles. The van der Waals surface area contributed by atoms with E-state index in [0.29, 0.717) is 11.1 Å². The number of hydrogen-bond acceptors (Lipinski definition) is 9. The molecule has 3 aromatic rings. The zero-order valence-corrected chi connectivity index (χ0v) is 21.4. The number of aliphatic hydroxyl groups is 1. The molecule has 0 radical (unpaired) electrons. The molecule has 2 N–H and O–H groups in total. The van der Waals surface area contributed by atoms with Crippen molar-refractivity contribution in [3.8, 4) is 0 Å². The zero-order chi connectivity index (χ0) is 27.4. The maximum atomic E-state index is 13.1. The fraction of sp³-hybridized carbons (Fsp3) is 0.222. The smallest absolute Gasteiger partial charge is 0.339 e. The molecular formula is C27H25N3O7S. The van der Waals surface area contributed by atoms with E-state index < -0.39 is 33.1 Å². The molecule has 196 valence electrons. The number of esters is 1. The second-order valence-electron chi connectivity index (χ2n) is 8.65. The molecule has 11 heteroatoms. The van der Waals surface area contributed by atoms with Gasteiger partial charge in [-0.1, -0.05) is 42.0 Å². The molecule has 0 unspecified atom stereocenters. The lowest BCUT2D eigenvalue weighted by molar-refractivity contribution is -0.385. The number of nitro benzene ring substituents is 2. The van der Waals surface area contributed by atoms with Crippen molar-refractivity contribution in [3.05, 3.63) is 121 Å². The predicted octanol–water partition coefficient (Wildman–Crippen LogP) is 5.73. The van der Waals surface area contributed by atoms with Crippen LogP contribution in [0.15, 0.2) is 89.0 Å². The Morgan fingerprint density at radius 2 is 1.55 bits per heavy atom. The van der Waals surface area contributed by atoms with Crippen LogP contribution in [0.25, 0.3) is 0 Å². The number of thioether (sulfide) groups is 1. The Morgan fingerprint density at radius 3 is 2.13 bits per heavy atom. The number of nitrogens with one attached hydrogen (secondary N) is 1. The highest BCUT2D eigenvalue weighted by Gasteiger charge is 2.42. The third kappa shape index (κ3) is 5.68. The summed E-state index contributed by atoms with van der Waals surface area (Å²) in [5.74, 6) is -1.03. The van der Waals surface area contributed by atoms with Crippen LogP contribution in [0.1, 0.15) is 35.7 Å². The number of nitro groups is 2. The summed E-state index contributed by atoms with van der Waals surface area (Å²) >= 11 is 1.29. The lowest BCUT2D eigenvalue weighted by Gasteiger charge is -2.38.